The van der Waals surface area contributed by atoms with Gasteiger partial charge in [-0.15, -0.1) is 0 Å². The molecule has 0 aliphatic heterocycles. The minimum atomic E-state index is -1.06. The summed E-state index contributed by atoms with van der Waals surface area (Å²) < 4.78 is 0. The van der Waals surface area contributed by atoms with Gasteiger partial charge in [0.1, 0.15) is 5.56 Å². The molecule has 2 rings (SSSR count). The summed E-state index contributed by atoms with van der Waals surface area (Å²) >= 11 is 0. The topological polar surface area (TPSA) is 72.5 Å². The zero-order chi connectivity index (χ0) is 12.3. The quantitative estimate of drug-likeness (QED) is 0.792. The first-order valence-corrected chi connectivity index (χ1v) is 5.02. The first-order chi connectivity index (χ1) is 8.22. The van der Waals surface area contributed by atoms with Gasteiger partial charge in [-0.3, -0.25) is 0 Å². The van der Waals surface area contributed by atoms with E-state index in [2.05, 4.69) is 4.84 Å². The van der Waals surface area contributed by atoms with E-state index in [0.29, 0.717) is 0 Å². The van der Waals surface area contributed by atoms with Gasteiger partial charge in [-0.1, -0.05) is 36.4 Å². The smallest absolute Gasteiger partial charge is 0.339 e. The van der Waals surface area contributed by atoms with Gasteiger partial charge in [-0.25, -0.2) is 4.79 Å². The Kier molecular flexibility index (Phi) is 3.07. The van der Waals surface area contributed by atoms with E-state index in [9.17, 15) is 4.79 Å². The summed E-state index contributed by atoms with van der Waals surface area (Å²) in [4.78, 5) is 15.5. The maximum atomic E-state index is 10.9. The van der Waals surface area contributed by atoms with Crippen molar-refractivity contribution < 1.29 is 14.7 Å². The Morgan fingerprint density at radius 1 is 1.06 bits per heavy atom. The van der Waals surface area contributed by atoms with Crippen LogP contribution in [0.15, 0.2) is 48.5 Å². The average Bonchev–Trinajstić information content (AvgIpc) is 2.39. The van der Waals surface area contributed by atoms with Gasteiger partial charge in [0.15, 0.2) is 5.75 Å². The molecule has 0 bridgehead atoms. The monoisotopic (exact) mass is 229 g/mol. The molecule has 0 amide bonds. The van der Waals surface area contributed by atoms with Gasteiger partial charge in [0.05, 0.1) is 0 Å². The Bertz CT molecular complexity index is 538. The second-order valence-corrected chi connectivity index (χ2v) is 3.50. The van der Waals surface area contributed by atoms with Crippen LogP contribution in [0.3, 0.4) is 0 Å². The van der Waals surface area contributed by atoms with Crippen LogP contribution in [-0.4, -0.2) is 11.1 Å². The lowest BCUT2D eigenvalue weighted by Gasteiger charge is -2.07. The molecule has 86 valence electrons. The lowest BCUT2D eigenvalue weighted by Crippen LogP contribution is -2.08. The number of aromatic carboxylic acids is 1. The maximum Gasteiger partial charge on any atom is 0.339 e. The molecule has 2 aromatic carbocycles. The van der Waals surface area contributed by atoms with E-state index in [1.165, 1.54) is 6.07 Å². The Labute approximate surface area is 98.2 Å². The fraction of sp³-hybridized carbons (Fsp3) is 0. The highest BCUT2D eigenvalue weighted by molar-refractivity contribution is 5.91. The minimum Gasteiger partial charge on any atom is -0.478 e. The highest BCUT2D eigenvalue weighted by Crippen LogP contribution is 2.26. The Balaban J connectivity index is 2.49. The highest BCUT2D eigenvalue weighted by Gasteiger charge is 2.12. The van der Waals surface area contributed by atoms with Gasteiger partial charge in [0.25, 0.3) is 0 Å². The van der Waals surface area contributed by atoms with E-state index < -0.39 is 5.97 Å². The van der Waals surface area contributed by atoms with Crippen LogP contribution in [0.4, 0.5) is 0 Å². The van der Waals surface area contributed by atoms with Crippen molar-refractivity contribution in [2.75, 3.05) is 0 Å². The molecule has 0 atom stereocenters. The van der Waals surface area contributed by atoms with Crippen LogP contribution in [0.1, 0.15) is 10.4 Å². The van der Waals surface area contributed by atoms with Gasteiger partial charge in [-0.2, -0.15) is 5.90 Å². The van der Waals surface area contributed by atoms with Crippen LogP contribution in [0.25, 0.3) is 11.1 Å². The predicted octanol–water partition coefficient (Wildman–Crippen LogP) is 2.30. The first-order valence-electron chi connectivity index (χ1n) is 5.02. The molecule has 0 unspecified atom stereocenters. The molecule has 4 nitrogen and oxygen atoms in total. The zero-order valence-corrected chi connectivity index (χ0v) is 8.96. The van der Waals surface area contributed by atoms with Crippen LogP contribution in [0, 0.1) is 0 Å². The summed E-state index contributed by atoms with van der Waals surface area (Å²) in [5.74, 6) is 4.16. The molecular weight excluding hydrogens is 218 g/mol. The third kappa shape index (κ3) is 2.26. The molecular formula is C13H11NO3. The lowest BCUT2D eigenvalue weighted by molar-refractivity contribution is 0.0692. The van der Waals surface area contributed by atoms with Crippen molar-refractivity contribution in [1.82, 2.24) is 0 Å². The van der Waals surface area contributed by atoms with Crippen LogP contribution in [0.2, 0.25) is 0 Å². The number of carbonyl (C=O) groups is 1. The second-order valence-electron chi connectivity index (χ2n) is 3.50. The van der Waals surface area contributed by atoms with Crippen molar-refractivity contribution in [1.29, 1.82) is 0 Å². The summed E-state index contributed by atoms with van der Waals surface area (Å²) in [6, 6.07) is 14.4. The Morgan fingerprint density at radius 2 is 1.76 bits per heavy atom. The second kappa shape index (κ2) is 4.67. The van der Waals surface area contributed by atoms with E-state index >= 15 is 0 Å². The maximum absolute atomic E-state index is 10.9. The predicted molar refractivity (Wildman–Crippen MR) is 63.7 cm³/mol. The lowest BCUT2D eigenvalue weighted by atomic mass is 10.0. The number of carboxylic acid groups (broad SMARTS) is 1. The third-order valence-corrected chi connectivity index (χ3v) is 2.45. The van der Waals surface area contributed by atoms with Crippen LogP contribution >= 0.6 is 0 Å². The number of hydrogen-bond acceptors (Lipinski definition) is 3. The SMILES string of the molecule is NOc1cc(-c2ccccc2)ccc1C(=O)O. The van der Waals surface area contributed by atoms with Crippen LogP contribution in [-0.2, 0) is 0 Å². The first kappa shape index (κ1) is 11.2. The molecule has 0 aromatic heterocycles. The van der Waals surface area contributed by atoms with Crippen molar-refractivity contribution in [2.24, 2.45) is 5.90 Å². The summed E-state index contributed by atoms with van der Waals surface area (Å²) in [6.45, 7) is 0. The standard InChI is InChI=1S/C13H11NO3/c14-17-12-8-10(6-7-11(12)13(15)16)9-4-2-1-3-5-9/h1-8H,14H2,(H,15,16). The molecule has 2 aromatic rings. The fourth-order valence-electron chi connectivity index (χ4n) is 1.61. The van der Waals surface area contributed by atoms with Gasteiger partial charge in [0, 0.05) is 0 Å². The number of benzene rings is 2. The third-order valence-electron chi connectivity index (χ3n) is 2.45. The molecule has 0 radical (unpaired) electrons. The average molecular weight is 229 g/mol. The molecule has 3 N–H and O–H groups in total. The fourth-order valence-corrected chi connectivity index (χ4v) is 1.61. The molecule has 0 heterocycles. The summed E-state index contributed by atoms with van der Waals surface area (Å²) in [5.41, 5.74) is 1.88. The summed E-state index contributed by atoms with van der Waals surface area (Å²) in [6.07, 6.45) is 0. The minimum absolute atomic E-state index is 0.0483. The number of nitrogens with two attached hydrogens (primary N) is 1. The molecule has 0 aliphatic rings. The molecule has 0 aliphatic carbocycles. The summed E-state index contributed by atoms with van der Waals surface area (Å²) in [7, 11) is 0. The summed E-state index contributed by atoms with van der Waals surface area (Å²) in [5, 5.41) is 8.92. The van der Waals surface area contributed by atoms with Gasteiger partial charge in [0.2, 0.25) is 0 Å². The molecule has 0 spiro atoms. The number of carboxylic acids is 1. The molecule has 0 fully saturated rings. The van der Waals surface area contributed by atoms with Gasteiger partial charge >= 0.3 is 5.97 Å². The van der Waals surface area contributed by atoms with E-state index in [0.717, 1.165) is 11.1 Å². The van der Waals surface area contributed by atoms with E-state index in [1.54, 1.807) is 12.1 Å². The van der Waals surface area contributed by atoms with Crippen molar-refractivity contribution in [3.8, 4) is 16.9 Å². The van der Waals surface area contributed by atoms with Gasteiger partial charge < -0.3 is 9.94 Å². The Morgan fingerprint density at radius 3 is 2.35 bits per heavy atom. The van der Waals surface area contributed by atoms with Crippen LogP contribution in [0.5, 0.6) is 5.75 Å². The van der Waals surface area contributed by atoms with Crippen molar-refractivity contribution in [3.63, 3.8) is 0 Å². The zero-order valence-electron chi connectivity index (χ0n) is 8.96. The van der Waals surface area contributed by atoms with E-state index in [1.807, 2.05) is 30.3 Å². The number of rotatable bonds is 3. The Hall–Kier alpha value is -2.33. The highest BCUT2D eigenvalue weighted by atomic mass is 16.6. The van der Waals surface area contributed by atoms with Crippen molar-refractivity contribution in [2.45, 2.75) is 0 Å². The van der Waals surface area contributed by atoms with Gasteiger partial charge in [-0.05, 0) is 23.3 Å². The van der Waals surface area contributed by atoms with E-state index in [4.69, 9.17) is 11.0 Å². The van der Waals surface area contributed by atoms with Crippen molar-refractivity contribution in [3.05, 3.63) is 54.1 Å². The van der Waals surface area contributed by atoms with Crippen molar-refractivity contribution >= 4 is 5.97 Å². The number of hydrogen-bond donors (Lipinski definition) is 2. The molecule has 0 saturated heterocycles. The normalized spacial score (nSPS) is 9.94. The molecule has 4 heteroatoms. The largest absolute Gasteiger partial charge is 0.478 e. The van der Waals surface area contributed by atoms with E-state index in [-0.39, 0.29) is 11.3 Å². The van der Waals surface area contributed by atoms with Crippen LogP contribution < -0.4 is 10.7 Å². The molecule has 17 heavy (non-hydrogen) atoms. The molecule has 0 saturated carbocycles.